The number of aliphatic carboxylic acids is 1. The summed E-state index contributed by atoms with van der Waals surface area (Å²) in [7, 11) is -2.17. The highest BCUT2D eigenvalue weighted by Crippen LogP contribution is 2.27. The average molecular weight is 292 g/mol. The van der Waals surface area contributed by atoms with Crippen molar-refractivity contribution >= 4 is 16.2 Å². The van der Waals surface area contributed by atoms with Gasteiger partial charge >= 0.3 is 5.97 Å². The number of nitrogens with zero attached hydrogens (tertiary/aromatic N) is 1. The van der Waals surface area contributed by atoms with E-state index < -0.39 is 16.2 Å². The zero-order valence-corrected chi connectivity index (χ0v) is 12.4. The molecule has 2 N–H and O–H groups in total. The fraction of sp³-hybridized carbons (Fsp3) is 0.917. The molecule has 1 fully saturated rings. The van der Waals surface area contributed by atoms with Crippen LogP contribution in [0.1, 0.15) is 45.4 Å². The zero-order chi connectivity index (χ0) is 14.5. The summed E-state index contributed by atoms with van der Waals surface area (Å²) in [4.78, 5) is 10.5. The topological polar surface area (TPSA) is 86.7 Å². The van der Waals surface area contributed by atoms with Crippen LogP contribution in [-0.4, -0.2) is 43.4 Å². The molecule has 0 aliphatic heterocycles. The molecule has 2 atom stereocenters. The van der Waals surface area contributed by atoms with Crippen LogP contribution in [-0.2, 0) is 15.0 Å². The first-order chi connectivity index (χ1) is 8.86. The Morgan fingerprint density at radius 3 is 2.58 bits per heavy atom. The Balaban J connectivity index is 2.59. The van der Waals surface area contributed by atoms with Crippen molar-refractivity contribution in [3.63, 3.8) is 0 Å². The molecule has 6 nitrogen and oxygen atoms in total. The maximum atomic E-state index is 12.1. The van der Waals surface area contributed by atoms with Gasteiger partial charge in [0.2, 0.25) is 0 Å². The molecular weight excluding hydrogens is 268 g/mol. The van der Waals surface area contributed by atoms with Gasteiger partial charge in [0, 0.05) is 19.6 Å². The van der Waals surface area contributed by atoms with Gasteiger partial charge in [0.15, 0.2) is 0 Å². The van der Waals surface area contributed by atoms with Crippen molar-refractivity contribution in [2.45, 2.75) is 51.5 Å². The van der Waals surface area contributed by atoms with Gasteiger partial charge in [0.1, 0.15) is 0 Å². The number of carbonyl (C=O) groups is 1. The van der Waals surface area contributed by atoms with Gasteiger partial charge < -0.3 is 5.11 Å². The maximum Gasteiger partial charge on any atom is 0.304 e. The quantitative estimate of drug-likeness (QED) is 0.738. The highest BCUT2D eigenvalue weighted by molar-refractivity contribution is 7.87. The van der Waals surface area contributed by atoms with E-state index in [1.165, 1.54) is 7.05 Å². The van der Waals surface area contributed by atoms with E-state index in [0.29, 0.717) is 5.92 Å². The largest absolute Gasteiger partial charge is 0.481 e. The first-order valence-electron chi connectivity index (χ1n) is 6.82. The Bertz CT molecular complexity index is 397. The minimum Gasteiger partial charge on any atom is -0.481 e. The van der Waals surface area contributed by atoms with E-state index >= 15 is 0 Å². The second-order valence-electron chi connectivity index (χ2n) is 5.15. The van der Waals surface area contributed by atoms with Crippen LogP contribution in [0.5, 0.6) is 0 Å². The lowest BCUT2D eigenvalue weighted by atomic mass is 9.83. The number of carboxylic acids is 1. The van der Waals surface area contributed by atoms with Gasteiger partial charge in [-0.05, 0) is 18.8 Å². The minimum absolute atomic E-state index is 0.00578. The summed E-state index contributed by atoms with van der Waals surface area (Å²) in [5.74, 6) is -0.609. The molecule has 0 heterocycles. The van der Waals surface area contributed by atoms with Crippen LogP contribution in [0.15, 0.2) is 0 Å². The third-order valence-electron chi connectivity index (χ3n) is 3.78. The average Bonchev–Trinajstić information content (AvgIpc) is 2.36. The molecule has 0 aromatic carbocycles. The predicted molar refractivity (Wildman–Crippen MR) is 73.0 cm³/mol. The van der Waals surface area contributed by atoms with Gasteiger partial charge in [-0.15, -0.1) is 0 Å². The molecule has 1 aliphatic rings. The van der Waals surface area contributed by atoms with Gasteiger partial charge in [-0.2, -0.15) is 17.4 Å². The highest BCUT2D eigenvalue weighted by Gasteiger charge is 2.29. The van der Waals surface area contributed by atoms with Crippen molar-refractivity contribution < 1.29 is 18.3 Å². The van der Waals surface area contributed by atoms with E-state index in [2.05, 4.69) is 11.6 Å². The molecule has 0 aromatic heterocycles. The smallest absolute Gasteiger partial charge is 0.304 e. The predicted octanol–water partition coefficient (Wildman–Crippen LogP) is 1.20. The van der Waals surface area contributed by atoms with Crippen LogP contribution >= 0.6 is 0 Å². The molecule has 0 bridgehead atoms. The normalized spacial score (nSPS) is 24.6. The Hall–Kier alpha value is -0.660. The summed E-state index contributed by atoms with van der Waals surface area (Å²) in [5.41, 5.74) is 0. The van der Waals surface area contributed by atoms with E-state index in [4.69, 9.17) is 5.11 Å². The summed E-state index contributed by atoms with van der Waals surface area (Å²) in [5, 5.41) is 8.59. The molecule has 0 aromatic rings. The number of nitrogens with one attached hydrogen (secondary N) is 1. The van der Waals surface area contributed by atoms with Gasteiger partial charge in [-0.1, -0.05) is 26.2 Å². The lowest BCUT2D eigenvalue weighted by molar-refractivity contribution is -0.137. The van der Waals surface area contributed by atoms with E-state index in [-0.39, 0.29) is 19.0 Å². The van der Waals surface area contributed by atoms with Crippen LogP contribution in [0.2, 0.25) is 0 Å². The number of rotatable bonds is 7. The summed E-state index contributed by atoms with van der Waals surface area (Å²) in [6.45, 7) is 2.07. The molecule has 7 heteroatoms. The summed E-state index contributed by atoms with van der Waals surface area (Å²) in [6.07, 6.45) is 4.91. The molecule has 0 saturated heterocycles. The molecular formula is C12H24N2O4S. The lowest BCUT2D eigenvalue weighted by Gasteiger charge is -2.32. The molecule has 19 heavy (non-hydrogen) atoms. The molecule has 1 rings (SSSR count). The van der Waals surface area contributed by atoms with Gasteiger partial charge in [0.05, 0.1) is 6.42 Å². The summed E-state index contributed by atoms with van der Waals surface area (Å²) >= 11 is 0. The molecule has 1 aliphatic carbocycles. The van der Waals surface area contributed by atoms with Crippen molar-refractivity contribution in [2.24, 2.45) is 5.92 Å². The van der Waals surface area contributed by atoms with Crippen LogP contribution in [0, 0.1) is 5.92 Å². The third-order valence-corrected chi connectivity index (χ3v) is 5.39. The first-order valence-corrected chi connectivity index (χ1v) is 8.26. The lowest BCUT2D eigenvalue weighted by Crippen LogP contribution is -2.48. The Morgan fingerprint density at radius 1 is 1.37 bits per heavy atom. The van der Waals surface area contributed by atoms with E-state index in [1.807, 2.05) is 0 Å². The van der Waals surface area contributed by atoms with Crippen molar-refractivity contribution in [1.29, 1.82) is 0 Å². The Morgan fingerprint density at radius 2 is 2.00 bits per heavy atom. The highest BCUT2D eigenvalue weighted by atomic mass is 32.2. The second-order valence-corrected chi connectivity index (χ2v) is 6.96. The van der Waals surface area contributed by atoms with Crippen LogP contribution in [0.4, 0.5) is 0 Å². The van der Waals surface area contributed by atoms with Crippen LogP contribution in [0.3, 0.4) is 0 Å². The van der Waals surface area contributed by atoms with E-state index in [0.717, 1.165) is 36.4 Å². The number of carboxylic acid groups (broad SMARTS) is 1. The molecule has 0 radical (unpaired) electrons. The first kappa shape index (κ1) is 16.4. The zero-order valence-electron chi connectivity index (χ0n) is 11.6. The Kier molecular flexibility index (Phi) is 6.22. The molecule has 112 valence electrons. The molecule has 0 amide bonds. The van der Waals surface area contributed by atoms with Gasteiger partial charge in [-0.3, -0.25) is 4.79 Å². The number of hydrogen-bond acceptors (Lipinski definition) is 3. The fourth-order valence-corrected chi connectivity index (χ4v) is 3.71. The maximum absolute atomic E-state index is 12.1. The van der Waals surface area contributed by atoms with E-state index in [1.54, 1.807) is 0 Å². The molecule has 0 spiro atoms. The fourth-order valence-electron chi connectivity index (χ4n) is 2.51. The standard InChI is InChI=1S/C12H24N2O4S/c1-3-10-6-4-5-7-11(10)13-19(17,18)14(2)9-8-12(15)16/h10-11,13H,3-9H2,1-2H3,(H,15,16). The minimum atomic E-state index is -3.58. The molecule has 1 saturated carbocycles. The SMILES string of the molecule is CCC1CCCCC1NS(=O)(=O)N(C)CCC(=O)O. The van der Waals surface area contributed by atoms with Crippen molar-refractivity contribution in [3.05, 3.63) is 0 Å². The Labute approximate surface area is 115 Å². The third kappa shape index (κ3) is 5.08. The summed E-state index contributed by atoms with van der Waals surface area (Å²) < 4.78 is 28.0. The van der Waals surface area contributed by atoms with Crippen LogP contribution in [0.25, 0.3) is 0 Å². The van der Waals surface area contributed by atoms with Gasteiger partial charge in [-0.25, -0.2) is 0 Å². The summed E-state index contributed by atoms with van der Waals surface area (Å²) in [6, 6.07) is -0.0176. The van der Waals surface area contributed by atoms with Crippen molar-refractivity contribution in [2.75, 3.05) is 13.6 Å². The van der Waals surface area contributed by atoms with E-state index in [9.17, 15) is 13.2 Å². The van der Waals surface area contributed by atoms with Gasteiger partial charge in [0.25, 0.3) is 10.2 Å². The van der Waals surface area contributed by atoms with Crippen molar-refractivity contribution in [3.8, 4) is 0 Å². The van der Waals surface area contributed by atoms with Crippen molar-refractivity contribution in [1.82, 2.24) is 9.03 Å². The second kappa shape index (κ2) is 7.21. The monoisotopic (exact) mass is 292 g/mol. The number of hydrogen-bond donors (Lipinski definition) is 2. The molecule has 2 unspecified atom stereocenters. The van der Waals surface area contributed by atoms with Crippen LogP contribution < -0.4 is 4.72 Å².